The molecule has 1 aliphatic carbocycles. The molecular weight excluding hydrogens is 334 g/mol. The van der Waals surface area contributed by atoms with Gasteiger partial charge in [-0.2, -0.15) is 0 Å². The molecular formula is C19H23N3O2S. The number of rotatable bonds is 6. The summed E-state index contributed by atoms with van der Waals surface area (Å²) in [5, 5.41) is 7.77. The van der Waals surface area contributed by atoms with Crippen LogP contribution in [0.4, 0.5) is 0 Å². The maximum atomic E-state index is 12.8. The second kappa shape index (κ2) is 6.96. The average molecular weight is 357 g/mol. The van der Waals surface area contributed by atoms with Crippen LogP contribution in [0, 0.1) is 12.8 Å². The Hall–Kier alpha value is -2.21. The number of aryl methyl sites for hydroxylation is 1. The van der Waals surface area contributed by atoms with Crippen molar-refractivity contribution in [1.82, 2.24) is 15.6 Å². The van der Waals surface area contributed by atoms with E-state index < -0.39 is 5.54 Å². The zero-order valence-electron chi connectivity index (χ0n) is 14.7. The Kier molecular flexibility index (Phi) is 4.90. The highest BCUT2D eigenvalue weighted by Crippen LogP contribution is 2.40. The van der Waals surface area contributed by atoms with Crippen molar-refractivity contribution < 1.29 is 9.59 Å². The van der Waals surface area contributed by atoms with E-state index in [0.717, 1.165) is 24.2 Å². The summed E-state index contributed by atoms with van der Waals surface area (Å²) in [6.45, 7) is 5.39. The molecule has 5 nitrogen and oxygen atoms in total. The van der Waals surface area contributed by atoms with Crippen molar-refractivity contribution in [2.24, 2.45) is 5.92 Å². The van der Waals surface area contributed by atoms with Crippen molar-refractivity contribution in [1.29, 1.82) is 0 Å². The number of nitrogens with one attached hydrogen (secondary N) is 2. The van der Waals surface area contributed by atoms with E-state index in [1.165, 1.54) is 11.3 Å². The van der Waals surface area contributed by atoms with Gasteiger partial charge >= 0.3 is 0 Å². The molecule has 0 aliphatic heterocycles. The van der Waals surface area contributed by atoms with Crippen LogP contribution in [0.15, 0.2) is 35.7 Å². The van der Waals surface area contributed by atoms with E-state index in [1.54, 1.807) is 19.9 Å². The molecule has 1 aliphatic rings. The summed E-state index contributed by atoms with van der Waals surface area (Å²) >= 11 is 1.36. The van der Waals surface area contributed by atoms with Gasteiger partial charge in [0.1, 0.15) is 5.54 Å². The smallest absolute Gasteiger partial charge is 0.262 e. The van der Waals surface area contributed by atoms with Gasteiger partial charge < -0.3 is 10.6 Å². The van der Waals surface area contributed by atoms with Crippen molar-refractivity contribution in [3.63, 3.8) is 0 Å². The van der Waals surface area contributed by atoms with Crippen molar-refractivity contribution >= 4 is 23.2 Å². The Labute approximate surface area is 151 Å². The lowest BCUT2D eigenvalue weighted by molar-refractivity contribution is -0.127. The van der Waals surface area contributed by atoms with Gasteiger partial charge in [-0.3, -0.25) is 14.6 Å². The molecule has 0 spiro atoms. The minimum Gasteiger partial charge on any atom is -0.345 e. The largest absolute Gasteiger partial charge is 0.345 e. The molecule has 0 saturated heterocycles. The highest BCUT2D eigenvalue weighted by atomic mass is 32.1. The predicted molar refractivity (Wildman–Crippen MR) is 98.4 cm³/mol. The lowest BCUT2D eigenvalue weighted by Gasteiger charge is -2.28. The number of thiophene rings is 1. The molecule has 2 heterocycles. The molecule has 6 heteroatoms. The topological polar surface area (TPSA) is 71.1 Å². The summed E-state index contributed by atoms with van der Waals surface area (Å²) in [4.78, 5) is 30.3. The van der Waals surface area contributed by atoms with Gasteiger partial charge in [0, 0.05) is 5.69 Å². The fraction of sp³-hybridized carbons (Fsp3) is 0.421. The number of nitrogens with zero attached hydrogens (tertiary/aromatic N) is 1. The van der Waals surface area contributed by atoms with Crippen LogP contribution in [0.3, 0.4) is 0 Å². The lowest BCUT2D eigenvalue weighted by Crippen LogP contribution is -2.55. The van der Waals surface area contributed by atoms with Crippen LogP contribution >= 0.6 is 11.3 Å². The number of aromatic nitrogens is 1. The average Bonchev–Trinajstić information content (AvgIpc) is 3.24. The number of pyridine rings is 1. The van der Waals surface area contributed by atoms with Crippen molar-refractivity contribution in [2.45, 2.75) is 45.2 Å². The maximum Gasteiger partial charge on any atom is 0.262 e. The molecule has 1 fully saturated rings. The van der Waals surface area contributed by atoms with Crippen LogP contribution in [0.5, 0.6) is 0 Å². The molecule has 0 aromatic carbocycles. The van der Waals surface area contributed by atoms with Gasteiger partial charge in [-0.1, -0.05) is 12.1 Å². The normalized spacial score (nSPS) is 15.5. The predicted octanol–water partition coefficient (Wildman–Crippen LogP) is 3.23. The Morgan fingerprint density at radius 3 is 2.60 bits per heavy atom. The third-order valence-electron chi connectivity index (χ3n) is 4.35. The fourth-order valence-corrected chi connectivity index (χ4v) is 3.35. The molecule has 1 saturated carbocycles. The summed E-state index contributed by atoms with van der Waals surface area (Å²) in [5.74, 6) is -0.00791. The number of carbonyl (C=O) groups excluding carboxylic acids is 2. The molecule has 2 aromatic rings. The SMILES string of the molecule is Cc1cccc([C@@H](NC(=O)C(C)(C)NC(=O)c2cccs2)C2CC2)n1. The van der Waals surface area contributed by atoms with E-state index in [9.17, 15) is 9.59 Å². The van der Waals surface area contributed by atoms with Crippen molar-refractivity contribution in [3.05, 3.63) is 52.0 Å². The van der Waals surface area contributed by atoms with Crippen molar-refractivity contribution in [3.8, 4) is 0 Å². The van der Waals surface area contributed by atoms with Crippen LogP contribution < -0.4 is 10.6 Å². The first-order chi connectivity index (χ1) is 11.9. The highest BCUT2D eigenvalue weighted by Gasteiger charge is 2.38. The molecule has 2 N–H and O–H groups in total. The second-order valence-electron chi connectivity index (χ2n) is 7.05. The number of hydrogen-bond donors (Lipinski definition) is 2. The monoisotopic (exact) mass is 357 g/mol. The molecule has 3 rings (SSSR count). The molecule has 2 aromatic heterocycles. The first-order valence-electron chi connectivity index (χ1n) is 8.47. The molecule has 132 valence electrons. The number of hydrogen-bond acceptors (Lipinski definition) is 4. The minimum absolute atomic E-state index is 0.106. The Morgan fingerprint density at radius 1 is 1.24 bits per heavy atom. The number of carbonyl (C=O) groups is 2. The van der Waals surface area contributed by atoms with Gasteiger partial charge in [-0.25, -0.2) is 0 Å². The van der Waals surface area contributed by atoms with Gasteiger partial charge in [0.25, 0.3) is 5.91 Å². The van der Waals surface area contributed by atoms with E-state index in [0.29, 0.717) is 10.8 Å². The minimum atomic E-state index is -1.00. The first-order valence-corrected chi connectivity index (χ1v) is 9.35. The molecule has 0 bridgehead atoms. The highest BCUT2D eigenvalue weighted by molar-refractivity contribution is 7.12. The van der Waals surface area contributed by atoms with Gasteiger partial charge in [-0.15, -0.1) is 11.3 Å². The third-order valence-corrected chi connectivity index (χ3v) is 5.22. The van der Waals surface area contributed by atoms with Crippen LogP contribution in [0.2, 0.25) is 0 Å². The van der Waals surface area contributed by atoms with E-state index in [4.69, 9.17) is 0 Å². The Bertz CT molecular complexity index is 767. The second-order valence-corrected chi connectivity index (χ2v) is 8.00. The molecule has 2 amide bonds. The molecule has 0 radical (unpaired) electrons. The fourth-order valence-electron chi connectivity index (χ4n) is 2.73. The van der Waals surface area contributed by atoms with E-state index in [2.05, 4.69) is 15.6 Å². The summed E-state index contributed by atoms with van der Waals surface area (Å²) < 4.78 is 0. The molecule has 0 unspecified atom stereocenters. The van der Waals surface area contributed by atoms with Crippen LogP contribution in [0.25, 0.3) is 0 Å². The van der Waals surface area contributed by atoms with Gasteiger partial charge in [0.05, 0.1) is 16.6 Å². The van der Waals surface area contributed by atoms with E-state index in [1.807, 2.05) is 36.6 Å². The first kappa shape index (κ1) is 17.6. The zero-order valence-corrected chi connectivity index (χ0v) is 15.5. The Balaban J connectivity index is 1.71. The summed E-state index contributed by atoms with van der Waals surface area (Å²) in [6.07, 6.45) is 2.17. The summed E-state index contributed by atoms with van der Waals surface area (Å²) in [6, 6.07) is 9.32. The zero-order chi connectivity index (χ0) is 18.0. The lowest BCUT2D eigenvalue weighted by atomic mass is 10.0. The number of amides is 2. The van der Waals surface area contributed by atoms with Crippen LogP contribution in [-0.4, -0.2) is 22.3 Å². The third kappa shape index (κ3) is 4.25. The summed E-state index contributed by atoms with van der Waals surface area (Å²) in [7, 11) is 0. The Morgan fingerprint density at radius 2 is 2.00 bits per heavy atom. The maximum absolute atomic E-state index is 12.8. The molecule has 25 heavy (non-hydrogen) atoms. The van der Waals surface area contributed by atoms with E-state index >= 15 is 0 Å². The summed E-state index contributed by atoms with van der Waals surface area (Å²) in [5.41, 5.74) is 0.816. The van der Waals surface area contributed by atoms with Crippen LogP contribution in [0.1, 0.15) is 53.8 Å². The standard InChI is InChI=1S/C19H23N3O2S/c1-12-6-4-7-14(20-12)16(13-9-10-13)21-18(24)19(2,3)22-17(23)15-8-5-11-25-15/h4-8,11,13,16H,9-10H2,1-3H3,(H,21,24)(H,22,23)/t16-/m0/s1. The van der Waals surface area contributed by atoms with E-state index in [-0.39, 0.29) is 17.9 Å². The molecule has 1 atom stereocenters. The van der Waals surface area contributed by atoms with Crippen LogP contribution in [-0.2, 0) is 4.79 Å². The van der Waals surface area contributed by atoms with Crippen molar-refractivity contribution in [2.75, 3.05) is 0 Å². The van der Waals surface area contributed by atoms with Gasteiger partial charge in [0.2, 0.25) is 5.91 Å². The van der Waals surface area contributed by atoms with Gasteiger partial charge in [-0.05, 0) is 63.1 Å². The van der Waals surface area contributed by atoms with Gasteiger partial charge in [0.15, 0.2) is 0 Å². The quantitative estimate of drug-likeness (QED) is 0.834.